The Kier molecular flexibility index (Phi) is 4.71. The van der Waals surface area contributed by atoms with Crippen molar-refractivity contribution in [1.29, 1.82) is 0 Å². The van der Waals surface area contributed by atoms with Crippen LogP contribution in [-0.4, -0.2) is 55.9 Å². The Bertz CT molecular complexity index is 1040. The highest BCUT2D eigenvalue weighted by Gasteiger charge is 2.37. The minimum Gasteiger partial charge on any atom is -0.464 e. The van der Waals surface area contributed by atoms with Gasteiger partial charge in [-0.25, -0.2) is 13.2 Å². The summed E-state index contributed by atoms with van der Waals surface area (Å²) in [5.74, 6) is 0.361. The van der Waals surface area contributed by atoms with Gasteiger partial charge in [-0.15, -0.1) is 0 Å². The zero-order chi connectivity index (χ0) is 20.1. The SMILES string of the molecule is CC(C)[C@H](C)NC(=O)N1CC2=C(C1)CN(S(=O)(=O)c1ccc3occc3c1)C2. The van der Waals surface area contributed by atoms with E-state index in [0.717, 1.165) is 16.5 Å². The van der Waals surface area contributed by atoms with E-state index in [2.05, 4.69) is 19.2 Å². The fourth-order valence-electron chi connectivity index (χ4n) is 3.57. The monoisotopic (exact) mass is 403 g/mol. The van der Waals surface area contributed by atoms with Crippen molar-refractivity contribution in [2.75, 3.05) is 26.2 Å². The summed E-state index contributed by atoms with van der Waals surface area (Å²) in [6.45, 7) is 7.77. The lowest BCUT2D eigenvalue weighted by atomic mass is 10.1. The summed E-state index contributed by atoms with van der Waals surface area (Å²) >= 11 is 0. The van der Waals surface area contributed by atoms with E-state index in [1.54, 1.807) is 35.4 Å². The summed E-state index contributed by atoms with van der Waals surface area (Å²) in [4.78, 5) is 14.5. The fraction of sp³-hybridized carbons (Fsp3) is 0.450. The molecule has 0 bridgehead atoms. The molecule has 1 aromatic carbocycles. The van der Waals surface area contributed by atoms with Crippen LogP contribution in [0.3, 0.4) is 0 Å². The first kappa shape index (κ1) is 19.0. The van der Waals surface area contributed by atoms with Crippen LogP contribution >= 0.6 is 0 Å². The molecule has 1 atom stereocenters. The number of fused-ring (bicyclic) bond motifs is 1. The van der Waals surface area contributed by atoms with Crippen LogP contribution in [-0.2, 0) is 10.0 Å². The van der Waals surface area contributed by atoms with Crippen LogP contribution in [0.1, 0.15) is 20.8 Å². The molecule has 0 unspecified atom stereocenters. The first-order valence-corrected chi connectivity index (χ1v) is 10.9. The molecule has 0 saturated heterocycles. The zero-order valence-corrected chi connectivity index (χ0v) is 17.1. The average Bonchev–Trinajstić information content (AvgIpc) is 3.34. The number of sulfonamides is 1. The van der Waals surface area contributed by atoms with Crippen LogP contribution in [0.2, 0.25) is 0 Å². The van der Waals surface area contributed by atoms with Gasteiger partial charge in [-0.2, -0.15) is 4.31 Å². The van der Waals surface area contributed by atoms with Gasteiger partial charge in [-0.05, 0) is 48.3 Å². The van der Waals surface area contributed by atoms with Gasteiger partial charge >= 0.3 is 6.03 Å². The molecule has 0 radical (unpaired) electrons. The lowest BCUT2D eigenvalue weighted by Gasteiger charge is -2.25. The molecule has 0 fully saturated rings. The first-order valence-electron chi connectivity index (χ1n) is 9.48. The number of carbonyl (C=O) groups is 1. The molecule has 1 aromatic heterocycles. The number of furan rings is 1. The largest absolute Gasteiger partial charge is 0.464 e. The van der Waals surface area contributed by atoms with Gasteiger partial charge in [-0.1, -0.05) is 13.8 Å². The fourth-order valence-corrected chi connectivity index (χ4v) is 5.03. The van der Waals surface area contributed by atoms with E-state index in [0.29, 0.717) is 37.7 Å². The number of urea groups is 1. The van der Waals surface area contributed by atoms with Crippen LogP contribution in [0.5, 0.6) is 0 Å². The van der Waals surface area contributed by atoms with Crippen molar-refractivity contribution in [2.24, 2.45) is 5.92 Å². The Hall–Kier alpha value is -2.32. The number of benzene rings is 1. The summed E-state index contributed by atoms with van der Waals surface area (Å²) in [6.07, 6.45) is 1.55. The van der Waals surface area contributed by atoms with Crippen molar-refractivity contribution in [3.05, 3.63) is 41.7 Å². The summed E-state index contributed by atoms with van der Waals surface area (Å²) in [5, 5.41) is 3.78. The zero-order valence-electron chi connectivity index (χ0n) is 16.3. The van der Waals surface area contributed by atoms with Crippen molar-refractivity contribution in [1.82, 2.24) is 14.5 Å². The molecule has 8 heteroatoms. The smallest absolute Gasteiger partial charge is 0.318 e. The Morgan fingerprint density at radius 3 is 2.39 bits per heavy atom. The minimum absolute atomic E-state index is 0.0876. The normalized spacial score (nSPS) is 18.9. The number of hydrogen-bond acceptors (Lipinski definition) is 4. The van der Waals surface area contributed by atoms with Crippen molar-refractivity contribution >= 4 is 27.0 Å². The quantitative estimate of drug-likeness (QED) is 0.796. The number of nitrogens with zero attached hydrogens (tertiary/aromatic N) is 2. The minimum atomic E-state index is -3.59. The van der Waals surface area contributed by atoms with E-state index in [4.69, 9.17) is 4.42 Å². The van der Waals surface area contributed by atoms with Gasteiger partial charge < -0.3 is 14.6 Å². The number of hydrogen-bond donors (Lipinski definition) is 1. The van der Waals surface area contributed by atoms with Gasteiger partial charge in [0.05, 0.1) is 11.2 Å². The second-order valence-corrected chi connectivity index (χ2v) is 9.88. The van der Waals surface area contributed by atoms with Crippen LogP contribution in [0.4, 0.5) is 4.79 Å². The number of carbonyl (C=O) groups excluding carboxylic acids is 1. The van der Waals surface area contributed by atoms with Crippen LogP contribution in [0.15, 0.2) is 51.0 Å². The molecular formula is C20H25N3O4S. The first-order chi connectivity index (χ1) is 13.3. The average molecular weight is 404 g/mol. The third kappa shape index (κ3) is 3.31. The topological polar surface area (TPSA) is 82.9 Å². The number of nitrogens with one attached hydrogen (secondary N) is 1. The van der Waals surface area contributed by atoms with E-state index in [9.17, 15) is 13.2 Å². The number of rotatable bonds is 4. The molecule has 0 spiro atoms. The summed E-state index contributed by atoms with van der Waals surface area (Å²) in [5.41, 5.74) is 2.72. The Balaban J connectivity index is 1.43. The Morgan fingerprint density at radius 1 is 1.07 bits per heavy atom. The molecule has 7 nitrogen and oxygen atoms in total. The van der Waals surface area contributed by atoms with Gasteiger partial charge in [0.25, 0.3) is 0 Å². The van der Waals surface area contributed by atoms with Gasteiger partial charge in [0.15, 0.2) is 0 Å². The van der Waals surface area contributed by atoms with E-state index < -0.39 is 10.0 Å². The molecule has 28 heavy (non-hydrogen) atoms. The van der Waals surface area contributed by atoms with Gasteiger partial charge in [0.1, 0.15) is 5.58 Å². The van der Waals surface area contributed by atoms with E-state index in [-0.39, 0.29) is 17.0 Å². The van der Waals surface area contributed by atoms with Crippen molar-refractivity contribution in [3.63, 3.8) is 0 Å². The summed E-state index contributed by atoms with van der Waals surface area (Å²) < 4.78 is 32.9. The standard InChI is InChI=1S/C20H25N3O4S/c1-13(2)14(3)21-20(24)22-9-16-11-23(12-17(16)10-22)28(25,26)18-4-5-19-15(8-18)6-7-27-19/h4-8,13-14H,9-12H2,1-3H3,(H,21,24)/t14-/m0/s1. The second-order valence-electron chi connectivity index (χ2n) is 7.94. The highest BCUT2D eigenvalue weighted by Crippen LogP contribution is 2.31. The van der Waals surface area contributed by atoms with Crippen molar-refractivity contribution < 1.29 is 17.6 Å². The predicted molar refractivity (Wildman–Crippen MR) is 106 cm³/mol. The van der Waals surface area contributed by atoms with E-state index in [1.165, 1.54) is 4.31 Å². The third-order valence-corrected chi connectivity index (χ3v) is 7.49. The molecule has 3 heterocycles. The maximum atomic E-state index is 13.0. The molecule has 2 aliphatic heterocycles. The van der Waals surface area contributed by atoms with Crippen LogP contribution in [0, 0.1) is 5.92 Å². The van der Waals surface area contributed by atoms with Crippen molar-refractivity contribution in [2.45, 2.75) is 31.7 Å². The molecule has 1 N–H and O–H groups in total. The highest BCUT2D eigenvalue weighted by atomic mass is 32.2. The molecule has 2 aromatic rings. The maximum absolute atomic E-state index is 13.0. The van der Waals surface area contributed by atoms with Gasteiger partial charge in [0, 0.05) is 37.6 Å². The third-order valence-electron chi connectivity index (χ3n) is 5.70. The predicted octanol–water partition coefficient (Wildman–Crippen LogP) is 2.80. The molecule has 150 valence electrons. The van der Waals surface area contributed by atoms with Gasteiger partial charge in [0.2, 0.25) is 10.0 Å². The highest BCUT2D eigenvalue weighted by molar-refractivity contribution is 7.89. The molecular weight excluding hydrogens is 378 g/mol. The van der Waals surface area contributed by atoms with Crippen molar-refractivity contribution in [3.8, 4) is 0 Å². The summed E-state index contributed by atoms with van der Waals surface area (Å²) in [6, 6.07) is 6.67. The molecule has 0 saturated carbocycles. The molecule has 2 aliphatic rings. The maximum Gasteiger partial charge on any atom is 0.318 e. The number of amides is 2. The van der Waals surface area contributed by atoms with Gasteiger partial charge in [-0.3, -0.25) is 0 Å². The Morgan fingerprint density at radius 2 is 1.75 bits per heavy atom. The molecule has 4 rings (SSSR count). The van der Waals surface area contributed by atoms with Crippen LogP contribution in [0.25, 0.3) is 11.0 Å². The molecule has 2 amide bonds. The summed E-state index contributed by atoms with van der Waals surface area (Å²) in [7, 11) is -3.59. The molecule has 0 aliphatic carbocycles. The lowest BCUT2D eigenvalue weighted by molar-refractivity contribution is 0.201. The van der Waals surface area contributed by atoms with Crippen LogP contribution < -0.4 is 5.32 Å². The Labute approximate surface area is 165 Å². The van der Waals surface area contributed by atoms with E-state index >= 15 is 0 Å². The van der Waals surface area contributed by atoms with E-state index in [1.807, 2.05) is 6.92 Å². The second kappa shape index (κ2) is 6.93. The lowest BCUT2D eigenvalue weighted by Crippen LogP contribution is -2.46.